The van der Waals surface area contributed by atoms with Crippen molar-refractivity contribution in [2.75, 3.05) is 0 Å². The fraction of sp³-hybridized carbons (Fsp3) is 0.286. The monoisotopic (exact) mass is 213 g/mol. The third kappa shape index (κ3) is 1.38. The van der Waals surface area contributed by atoms with Crippen molar-refractivity contribution in [3.05, 3.63) is 42.0 Å². The first-order valence-electron chi connectivity index (χ1n) is 5.70. The van der Waals surface area contributed by atoms with Crippen molar-refractivity contribution in [1.29, 1.82) is 0 Å². The fourth-order valence-electron chi connectivity index (χ4n) is 2.39. The maximum absolute atomic E-state index is 5.90. The van der Waals surface area contributed by atoms with E-state index in [2.05, 4.69) is 48.6 Å². The predicted molar refractivity (Wildman–Crippen MR) is 65.6 cm³/mol. The van der Waals surface area contributed by atoms with Crippen LogP contribution in [0.4, 0.5) is 0 Å². The van der Waals surface area contributed by atoms with Gasteiger partial charge in [0, 0.05) is 17.0 Å². The highest BCUT2D eigenvalue weighted by Crippen LogP contribution is 2.36. The van der Waals surface area contributed by atoms with E-state index in [-0.39, 0.29) is 6.23 Å². The van der Waals surface area contributed by atoms with Crippen molar-refractivity contribution in [3.8, 4) is 5.75 Å². The smallest absolute Gasteiger partial charge is 0.147 e. The lowest BCUT2D eigenvalue weighted by atomic mass is 9.99. The number of benzene rings is 2. The molecule has 2 aromatic carbocycles. The molecule has 2 atom stereocenters. The Kier molecular flexibility index (Phi) is 2.11. The molecule has 0 aromatic heterocycles. The van der Waals surface area contributed by atoms with Crippen molar-refractivity contribution in [2.24, 2.45) is 0 Å². The van der Waals surface area contributed by atoms with Crippen LogP contribution in [0.25, 0.3) is 10.8 Å². The summed E-state index contributed by atoms with van der Waals surface area (Å²) in [5.41, 5.74) is 1.25. The SMILES string of the molecule is C[C@@H]1N[C@H](C)Oc2c1ccc1ccccc21. The number of fused-ring (bicyclic) bond motifs is 3. The van der Waals surface area contributed by atoms with E-state index in [1.54, 1.807) is 0 Å². The van der Waals surface area contributed by atoms with Crippen LogP contribution in [-0.4, -0.2) is 6.23 Å². The summed E-state index contributed by atoms with van der Waals surface area (Å²) < 4.78 is 5.90. The molecule has 16 heavy (non-hydrogen) atoms. The second-order valence-corrected chi connectivity index (χ2v) is 4.35. The Labute approximate surface area is 95.2 Å². The summed E-state index contributed by atoms with van der Waals surface area (Å²) in [6.45, 7) is 4.22. The average Bonchev–Trinajstić information content (AvgIpc) is 2.28. The molecule has 1 N–H and O–H groups in total. The van der Waals surface area contributed by atoms with E-state index in [1.807, 2.05) is 6.92 Å². The molecule has 0 spiro atoms. The molecule has 2 heteroatoms. The van der Waals surface area contributed by atoms with E-state index in [0.717, 1.165) is 5.75 Å². The van der Waals surface area contributed by atoms with Gasteiger partial charge in [-0.3, -0.25) is 5.32 Å². The summed E-state index contributed by atoms with van der Waals surface area (Å²) in [7, 11) is 0. The van der Waals surface area contributed by atoms with Crippen LogP contribution in [0, 0.1) is 0 Å². The Bertz CT molecular complexity index is 535. The predicted octanol–water partition coefficient (Wildman–Crippen LogP) is 3.23. The van der Waals surface area contributed by atoms with Gasteiger partial charge in [-0.2, -0.15) is 0 Å². The Hall–Kier alpha value is -1.54. The van der Waals surface area contributed by atoms with Gasteiger partial charge in [-0.25, -0.2) is 0 Å². The first kappa shape index (κ1) is 9.67. The minimum absolute atomic E-state index is 0.0771. The summed E-state index contributed by atoms with van der Waals surface area (Å²) in [6, 6.07) is 13.0. The Morgan fingerprint density at radius 1 is 1.06 bits per heavy atom. The highest BCUT2D eigenvalue weighted by Gasteiger charge is 2.22. The highest BCUT2D eigenvalue weighted by molar-refractivity contribution is 5.89. The molecular weight excluding hydrogens is 198 g/mol. The van der Waals surface area contributed by atoms with Crippen LogP contribution >= 0.6 is 0 Å². The topological polar surface area (TPSA) is 21.3 Å². The van der Waals surface area contributed by atoms with Gasteiger partial charge in [0.25, 0.3) is 0 Å². The highest BCUT2D eigenvalue weighted by atomic mass is 16.5. The van der Waals surface area contributed by atoms with Gasteiger partial charge < -0.3 is 4.74 Å². The molecule has 0 unspecified atom stereocenters. The number of ether oxygens (including phenoxy) is 1. The van der Waals surface area contributed by atoms with Crippen LogP contribution in [-0.2, 0) is 0 Å². The molecule has 3 rings (SSSR count). The van der Waals surface area contributed by atoms with Gasteiger partial charge in [0.05, 0.1) is 0 Å². The first-order chi connectivity index (χ1) is 7.75. The molecule has 0 saturated heterocycles. The number of hydrogen-bond acceptors (Lipinski definition) is 2. The quantitative estimate of drug-likeness (QED) is 0.725. The van der Waals surface area contributed by atoms with E-state index in [1.165, 1.54) is 16.3 Å². The van der Waals surface area contributed by atoms with Gasteiger partial charge in [0.1, 0.15) is 12.0 Å². The fourth-order valence-corrected chi connectivity index (χ4v) is 2.39. The molecule has 1 aliphatic rings. The van der Waals surface area contributed by atoms with Gasteiger partial charge >= 0.3 is 0 Å². The third-order valence-electron chi connectivity index (χ3n) is 3.16. The molecule has 0 amide bonds. The van der Waals surface area contributed by atoms with E-state index in [0.29, 0.717) is 6.04 Å². The molecule has 1 aliphatic heterocycles. The minimum Gasteiger partial charge on any atom is -0.475 e. The van der Waals surface area contributed by atoms with Crippen molar-refractivity contribution < 1.29 is 4.74 Å². The van der Waals surface area contributed by atoms with Crippen LogP contribution in [0.15, 0.2) is 36.4 Å². The zero-order chi connectivity index (χ0) is 11.1. The summed E-state index contributed by atoms with van der Waals surface area (Å²) in [4.78, 5) is 0. The van der Waals surface area contributed by atoms with Crippen LogP contribution in [0.1, 0.15) is 25.5 Å². The van der Waals surface area contributed by atoms with Crippen LogP contribution in [0.3, 0.4) is 0 Å². The second kappa shape index (κ2) is 3.49. The van der Waals surface area contributed by atoms with Crippen molar-refractivity contribution in [3.63, 3.8) is 0 Å². The summed E-state index contributed by atoms with van der Waals surface area (Å²) in [5.74, 6) is 1.04. The van der Waals surface area contributed by atoms with Crippen molar-refractivity contribution >= 4 is 10.8 Å². The van der Waals surface area contributed by atoms with E-state index in [4.69, 9.17) is 4.74 Å². The summed E-state index contributed by atoms with van der Waals surface area (Å²) in [5, 5.41) is 5.82. The van der Waals surface area contributed by atoms with Gasteiger partial charge in [0.15, 0.2) is 0 Å². The van der Waals surface area contributed by atoms with Gasteiger partial charge in [-0.15, -0.1) is 0 Å². The molecule has 0 bridgehead atoms. The Balaban J connectivity index is 2.29. The molecule has 1 heterocycles. The van der Waals surface area contributed by atoms with E-state index >= 15 is 0 Å². The number of rotatable bonds is 0. The third-order valence-corrected chi connectivity index (χ3v) is 3.16. The van der Waals surface area contributed by atoms with Gasteiger partial charge in [-0.1, -0.05) is 36.4 Å². The van der Waals surface area contributed by atoms with Crippen molar-refractivity contribution in [1.82, 2.24) is 5.32 Å². The summed E-state index contributed by atoms with van der Waals surface area (Å²) >= 11 is 0. The summed E-state index contributed by atoms with van der Waals surface area (Å²) in [6.07, 6.45) is 0.0771. The lowest BCUT2D eigenvalue weighted by Crippen LogP contribution is -2.38. The van der Waals surface area contributed by atoms with Crippen molar-refractivity contribution in [2.45, 2.75) is 26.1 Å². The molecule has 2 nitrogen and oxygen atoms in total. The Morgan fingerprint density at radius 2 is 1.88 bits per heavy atom. The standard InChI is InChI=1S/C14H15NO/c1-9-12-8-7-11-5-3-4-6-13(11)14(12)16-10(2)15-9/h3-10,15H,1-2H3/t9-,10-/m0/s1. The maximum atomic E-state index is 5.90. The molecule has 82 valence electrons. The number of nitrogens with one attached hydrogen (secondary N) is 1. The molecule has 2 aromatic rings. The lowest BCUT2D eigenvalue weighted by Gasteiger charge is -2.30. The molecule has 0 fully saturated rings. The average molecular weight is 213 g/mol. The number of hydrogen-bond donors (Lipinski definition) is 1. The Morgan fingerprint density at radius 3 is 2.75 bits per heavy atom. The van der Waals surface area contributed by atoms with Gasteiger partial charge in [0.2, 0.25) is 0 Å². The molecule has 0 aliphatic carbocycles. The van der Waals surface area contributed by atoms with E-state index < -0.39 is 0 Å². The van der Waals surface area contributed by atoms with Crippen LogP contribution in [0.5, 0.6) is 5.75 Å². The molecular formula is C14H15NO. The van der Waals surface area contributed by atoms with Crippen LogP contribution < -0.4 is 10.1 Å². The first-order valence-corrected chi connectivity index (χ1v) is 5.70. The largest absolute Gasteiger partial charge is 0.475 e. The van der Waals surface area contributed by atoms with Crippen LogP contribution in [0.2, 0.25) is 0 Å². The minimum atomic E-state index is 0.0771. The zero-order valence-corrected chi connectivity index (χ0v) is 9.53. The normalized spacial score (nSPS) is 23.9. The maximum Gasteiger partial charge on any atom is 0.147 e. The molecule has 0 saturated carbocycles. The van der Waals surface area contributed by atoms with Gasteiger partial charge in [-0.05, 0) is 19.2 Å². The second-order valence-electron chi connectivity index (χ2n) is 4.35. The molecule has 0 radical (unpaired) electrons. The zero-order valence-electron chi connectivity index (χ0n) is 9.53. The lowest BCUT2D eigenvalue weighted by molar-refractivity contribution is 0.147. The van der Waals surface area contributed by atoms with E-state index in [9.17, 15) is 0 Å².